The first kappa shape index (κ1) is 30.8. The van der Waals surface area contributed by atoms with Crippen molar-refractivity contribution in [2.24, 2.45) is 17.8 Å². The summed E-state index contributed by atoms with van der Waals surface area (Å²) in [5.74, 6) is 2.18. The van der Waals surface area contributed by atoms with Crippen molar-refractivity contribution in [1.82, 2.24) is 14.7 Å². The van der Waals surface area contributed by atoms with Gasteiger partial charge in [-0.3, -0.25) is 9.69 Å². The highest BCUT2D eigenvalue weighted by Gasteiger charge is 2.34. The molecule has 42 heavy (non-hydrogen) atoms. The highest BCUT2D eigenvalue weighted by atomic mass is 16.6. The first-order valence-corrected chi connectivity index (χ1v) is 16.5. The SMILES string of the molecule is C=CC1=CC(N2CCC(C3CCN(C(=O)CC4CCN(C(=O)OC(C)(C)C)CC4)CC3)CC2)c2ccc(C)cc2CC1. The molecule has 1 aliphatic carbocycles. The predicted octanol–water partition coefficient (Wildman–Crippen LogP) is 7.08. The lowest BCUT2D eigenvalue weighted by molar-refractivity contribution is -0.134. The van der Waals surface area contributed by atoms with E-state index in [-0.39, 0.29) is 6.09 Å². The third-order valence-corrected chi connectivity index (χ3v) is 10.2. The Kier molecular flexibility index (Phi) is 9.81. The molecule has 0 N–H and O–H groups in total. The molecule has 1 unspecified atom stereocenters. The van der Waals surface area contributed by atoms with E-state index in [4.69, 9.17) is 4.74 Å². The van der Waals surface area contributed by atoms with Crippen molar-refractivity contribution in [3.8, 4) is 0 Å². The van der Waals surface area contributed by atoms with Crippen LogP contribution in [0.2, 0.25) is 0 Å². The predicted molar refractivity (Wildman–Crippen MR) is 169 cm³/mol. The van der Waals surface area contributed by atoms with Crippen molar-refractivity contribution in [3.05, 3.63) is 59.2 Å². The summed E-state index contributed by atoms with van der Waals surface area (Å²) in [5.41, 5.74) is 5.24. The largest absolute Gasteiger partial charge is 0.444 e. The number of hydrogen-bond acceptors (Lipinski definition) is 4. The number of likely N-dealkylation sites (tertiary alicyclic amines) is 3. The van der Waals surface area contributed by atoms with Crippen LogP contribution in [0.3, 0.4) is 0 Å². The van der Waals surface area contributed by atoms with Gasteiger partial charge in [-0.1, -0.05) is 48.1 Å². The van der Waals surface area contributed by atoms with Gasteiger partial charge in [0, 0.05) is 32.6 Å². The molecule has 1 aromatic rings. The van der Waals surface area contributed by atoms with Crippen molar-refractivity contribution in [3.63, 3.8) is 0 Å². The summed E-state index contributed by atoms with van der Waals surface area (Å²) in [7, 11) is 0. The molecule has 0 spiro atoms. The zero-order valence-electron chi connectivity index (χ0n) is 26.6. The normalized spacial score (nSPS) is 23.6. The number of carbonyl (C=O) groups excluding carboxylic acids is 2. The monoisotopic (exact) mass is 575 g/mol. The number of benzene rings is 1. The maximum Gasteiger partial charge on any atom is 0.410 e. The zero-order chi connectivity index (χ0) is 29.9. The third kappa shape index (κ3) is 7.67. The average Bonchev–Trinajstić information content (AvgIpc) is 3.16. The lowest BCUT2D eigenvalue weighted by Gasteiger charge is -2.42. The molecule has 2 amide bonds. The van der Waals surface area contributed by atoms with Crippen LogP contribution in [0.15, 0.2) is 42.5 Å². The van der Waals surface area contributed by atoms with Crippen LogP contribution in [0.1, 0.15) is 94.9 Å². The molecule has 0 saturated carbocycles. The number of allylic oxidation sites excluding steroid dienone is 2. The Morgan fingerprint density at radius 1 is 0.905 bits per heavy atom. The minimum Gasteiger partial charge on any atom is -0.444 e. The lowest BCUT2D eigenvalue weighted by Crippen LogP contribution is -2.45. The molecule has 1 aromatic carbocycles. The molecule has 6 nitrogen and oxygen atoms in total. The molecular weight excluding hydrogens is 522 g/mol. The number of aryl methyl sites for hydroxylation is 2. The van der Waals surface area contributed by atoms with E-state index in [1.807, 2.05) is 20.8 Å². The Morgan fingerprint density at radius 2 is 1.52 bits per heavy atom. The van der Waals surface area contributed by atoms with Crippen molar-refractivity contribution in [2.45, 2.75) is 97.1 Å². The fourth-order valence-corrected chi connectivity index (χ4v) is 7.68. The van der Waals surface area contributed by atoms with Crippen LogP contribution >= 0.6 is 0 Å². The summed E-state index contributed by atoms with van der Waals surface area (Å²) in [6, 6.07) is 7.37. The van der Waals surface area contributed by atoms with Gasteiger partial charge < -0.3 is 14.5 Å². The van der Waals surface area contributed by atoms with E-state index in [0.717, 1.165) is 76.5 Å². The highest BCUT2D eigenvalue weighted by Crippen LogP contribution is 2.38. The molecule has 5 rings (SSSR count). The van der Waals surface area contributed by atoms with Crippen LogP contribution in [0.25, 0.3) is 0 Å². The van der Waals surface area contributed by atoms with Gasteiger partial charge in [-0.15, -0.1) is 0 Å². The lowest BCUT2D eigenvalue weighted by atomic mass is 9.78. The number of carbonyl (C=O) groups is 2. The quantitative estimate of drug-likeness (QED) is 0.376. The number of hydrogen-bond donors (Lipinski definition) is 0. The maximum atomic E-state index is 13.2. The van der Waals surface area contributed by atoms with Crippen molar-refractivity contribution < 1.29 is 14.3 Å². The molecule has 0 radical (unpaired) electrons. The topological polar surface area (TPSA) is 53.1 Å². The molecule has 4 aliphatic rings. The molecule has 3 fully saturated rings. The highest BCUT2D eigenvalue weighted by molar-refractivity contribution is 5.76. The molecule has 6 heteroatoms. The summed E-state index contributed by atoms with van der Waals surface area (Å²) in [4.78, 5) is 32.2. The Hall–Kier alpha value is -2.60. The minimum absolute atomic E-state index is 0.229. The van der Waals surface area contributed by atoms with Gasteiger partial charge in [-0.05, 0) is 121 Å². The van der Waals surface area contributed by atoms with Gasteiger partial charge in [0.2, 0.25) is 5.91 Å². The van der Waals surface area contributed by atoms with Crippen LogP contribution in [0, 0.1) is 24.7 Å². The number of ether oxygens (including phenoxy) is 1. The fraction of sp³-hybridized carbons (Fsp3) is 0.667. The number of amides is 2. The molecule has 3 heterocycles. The van der Waals surface area contributed by atoms with Gasteiger partial charge >= 0.3 is 6.09 Å². The third-order valence-electron chi connectivity index (χ3n) is 10.2. The first-order valence-electron chi connectivity index (χ1n) is 16.5. The fourth-order valence-electron chi connectivity index (χ4n) is 7.68. The van der Waals surface area contributed by atoms with E-state index in [1.165, 1.54) is 35.1 Å². The van der Waals surface area contributed by atoms with Crippen molar-refractivity contribution in [1.29, 1.82) is 0 Å². The van der Waals surface area contributed by atoms with Gasteiger partial charge in [-0.25, -0.2) is 4.79 Å². The van der Waals surface area contributed by atoms with Crippen LogP contribution < -0.4 is 0 Å². The standard InChI is InChI=1S/C36H53N3O3/c1-6-27-8-9-31-23-26(2)7-10-32(31)33(24-27)37-19-13-29(14-20-37)30-15-21-38(22-16-30)34(40)25-28-11-17-39(18-12-28)35(41)42-36(3,4)5/h6-7,10,23-24,28-30,33H,1,8-9,11-22,25H2,2-5H3. The van der Waals surface area contributed by atoms with Gasteiger partial charge in [0.15, 0.2) is 0 Å². The molecular formula is C36H53N3O3. The second-order valence-electron chi connectivity index (χ2n) is 14.3. The summed E-state index contributed by atoms with van der Waals surface area (Å²) in [6.07, 6.45) is 13.6. The Balaban J connectivity index is 1.06. The summed E-state index contributed by atoms with van der Waals surface area (Å²) in [6.45, 7) is 17.5. The molecule has 0 bridgehead atoms. The van der Waals surface area contributed by atoms with Crippen molar-refractivity contribution >= 4 is 12.0 Å². The Bertz CT molecular complexity index is 1140. The van der Waals surface area contributed by atoms with Gasteiger partial charge in [0.25, 0.3) is 0 Å². The number of piperidine rings is 3. The first-order chi connectivity index (χ1) is 20.1. The van der Waals surface area contributed by atoms with Crippen LogP contribution in [-0.2, 0) is 16.0 Å². The Morgan fingerprint density at radius 3 is 2.14 bits per heavy atom. The van der Waals surface area contributed by atoms with E-state index < -0.39 is 5.60 Å². The summed E-state index contributed by atoms with van der Waals surface area (Å²) in [5, 5.41) is 0. The van der Waals surface area contributed by atoms with E-state index in [1.54, 1.807) is 4.90 Å². The second kappa shape index (κ2) is 13.4. The number of rotatable bonds is 5. The van der Waals surface area contributed by atoms with Crippen molar-refractivity contribution in [2.75, 3.05) is 39.3 Å². The van der Waals surface area contributed by atoms with Gasteiger partial charge in [-0.2, -0.15) is 0 Å². The number of nitrogens with zero attached hydrogens (tertiary/aromatic N) is 3. The second-order valence-corrected chi connectivity index (χ2v) is 14.3. The zero-order valence-corrected chi connectivity index (χ0v) is 26.6. The van der Waals surface area contributed by atoms with E-state index >= 15 is 0 Å². The van der Waals surface area contributed by atoms with Crippen LogP contribution in [-0.4, -0.2) is 71.6 Å². The summed E-state index contributed by atoms with van der Waals surface area (Å²) >= 11 is 0. The number of fused-ring (bicyclic) bond motifs is 1. The van der Waals surface area contributed by atoms with Crippen LogP contribution in [0.5, 0.6) is 0 Å². The average molecular weight is 576 g/mol. The van der Waals surface area contributed by atoms with E-state index in [0.29, 0.717) is 37.4 Å². The van der Waals surface area contributed by atoms with Gasteiger partial charge in [0.1, 0.15) is 5.60 Å². The Labute approximate surface area is 254 Å². The molecule has 0 aromatic heterocycles. The van der Waals surface area contributed by atoms with E-state index in [9.17, 15) is 9.59 Å². The smallest absolute Gasteiger partial charge is 0.410 e. The van der Waals surface area contributed by atoms with Gasteiger partial charge in [0.05, 0.1) is 6.04 Å². The summed E-state index contributed by atoms with van der Waals surface area (Å²) < 4.78 is 5.52. The molecule has 3 saturated heterocycles. The molecule has 1 atom stereocenters. The molecule has 230 valence electrons. The molecule has 3 aliphatic heterocycles. The maximum absolute atomic E-state index is 13.2. The minimum atomic E-state index is -0.472. The van der Waals surface area contributed by atoms with Crippen LogP contribution in [0.4, 0.5) is 4.79 Å². The van der Waals surface area contributed by atoms with E-state index in [2.05, 4.69) is 53.7 Å².